The van der Waals surface area contributed by atoms with Crippen molar-refractivity contribution in [3.8, 4) is 0 Å². The molecule has 0 saturated carbocycles. The predicted octanol–water partition coefficient (Wildman–Crippen LogP) is 3.24. The van der Waals surface area contributed by atoms with E-state index in [2.05, 4.69) is 9.88 Å². The molecule has 2 aromatic rings. The number of nitro groups is 1. The van der Waals surface area contributed by atoms with Gasteiger partial charge in [-0.25, -0.2) is 4.98 Å². The van der Waals surface area contributed by atoms with E-state index in [0.29, 0.717) is 16.4 Å². The van der Waals surface area contributed by atoms with Gasteiger partial charge < -0.3 is 14.6 Å². The van der Waals surface area contributed by atoms with Crippen LogP contribution in [0.2, 0.25) is 5.02 Å². The number of imidazole rings is 1. The molecular formula is C17H21ClN4O3. The average molecular weight is 365 g/mol. The highest BCUT2D eigenvalue weighted by Crippen LogP contribution is 2.37. The molecule has 2 heterocycles. The maximum Gasteiger partial charge on any atom is 0.273 e. The van der Waals surface area contributed by atoms with Crippen LogP contribution in [0.1, 0.15) is 30.3 Å². The van der Waals surface area contributed by atoms with Gasteiger partial charge in [0.1, 0.15) is 11.9 Å². The SMILES string of the molecule is Cc1cc(N2CCC(C(O)c3nccn3C)CC2)c(Cl)cc1[N+](=O)[O-]. The highest BCUT2D eigenvalue weighted by Gasteiger charge is 2.29. The summed E-state index contributed by atoms with van der Waals surface area (Å²) >= 11 is 6.27. The van der Waals surface area contributed by atoms with E-state index in [4.69, 9.17) is 11.6 Å². The molecule has 0 aliphatic carbocycles. The molecule has 1 N–H and O–H groups in total. The molecule has 1 fully saturated rings. The molecule has 0 amide bonds. The first-order valence-electron chi connectivity index (χ1n) is 8.23. The number of nitro benzene ring substituents is 1. The number of aliphatic hydroxyl groups excluding tert-OH is 1. The van der Waals surface area contributed by atoms with E-state index in [-0.39, 0.29) is 11.6 Å². The summed E-state index contributed by atoms with van der Waals surface area (Å²) in [5.74, 6) is 0.818. The maximum absolute atomic E-state index is 11.0. The Morgan fingerprint density at radius 3 is 2.64 bits per heavy atom. The van der Waals surface area contributed by atoms with Gasteiger partial charge in [-0.05, 0) is 31.7 Å². The molecule has 8 heteroatoms. The van der Waals surface area contributed by atoms with E-state index in [1.807, 2.05) is 17.8 Å². The smallest absolute Gasteiger partial charge is 0.273 e. The van der Waals surface area contributed by atoms with E-state index in [9.17, 15) is 15.2 Å². The van der Waals surface area contributed by atoms with Gasteiger partial charge in [-0.15, -0.1) is 0 Å². The van der Waals surface area contributed by atoms with Gasteiger partial charge in [0, 0.05) is 44.2 Å². The molecule has 1 atom stereocenters. The normalized spacial score (nSPS) is 16.9. The van der Waals surface area contributed by atoms with Crippen molar-refractivity contribution in [2.24, 2.45) is 13.0 Å². The highest BCUT2D eigenvalue weighted by atomic mass is 35.5. The van der Waals surface area contributed by atoms with E-state index >= 15 is 0 Å². The van der Waals surface area contributed by atoms with Crippen molar-refractivity contribution in [3.63, 3.8) is 0 Å². The molecule has 0 bridgehead atoms. The fraction of sp³-hybridized carbons (Fsp3) is 0.471. The first kappa shape index (κ1) is 17.7. The minimum absolute atomic E-state index is 0.0360. The van der Waals surface area contributed by atoms with Crippen LogP contribution < -0.4 is 4.90 Å². The van der Waals surface area contributed by atoms with Crippen molar-refractivity contribution in [2.75, 3.05) is 18.0 Å². The number of aromatic nitrogens is 2. The fourth-order valence-electron chi connectivity index (χ4n) is 3.42. The van der Waals surface area contributed by atoms with Crippen LogP contribution in [0.25, 0.3) is 0 Å². The Kier molecular flexibility index (Phi) is 4.96. The topological polar surface area (TPSA) is 84.4 Å². The summed E-state index contributed by atoms with van der Waals surface area (Å²) in [6, 6.07) is 3.19. The van der Waals surface area contributed by atoms with Crippen molar-refractivity contribution in [1.29, 1.82) is 0 Å². The van der Waals surface area contributed by atoms with Crippen molar-refractivity contribution in [3.05, 3.63) is 51.1 Å². The molecule has 134 valence electrons. The van der Waals surface area contributed by atoms with E-state index in [1.165, 1.54) is 6.07 Å². The van der Waals surface area contributed by atoms with Gasteiger partial charge in [-0.3, -0.25) is 10.1 Å². The van der Waals surface area contributed by atoms with Gasteiger partial charge in [0.2, 0.25) is 0 Å². The minimum atomic E-state index is -0.587. The number of piperidine rings is 1. The van der Waals surface area contributed by atoms with Gasteiger partial charge in [0.15, 0.2) is 0 Å². The Balaban J connectivity index is 1.71. The lowest BCUT2D eigenvalue weighted by molar-refractivity contribution is -0.385. The fourth-order valence-corrected chi connectivity index (χ4v) is 3.70. The number of rotatable bonds is 4. The second kappa shape index (κ2) is 7.01. The standard InChI is InChI=1S/C17H21ClN4O3/c1-11-9-15(13(18)10-14(11)22(24)25)21-6-3-12(4-7-21)16(23)17-19-5-8-20(17)2/h5,8-10,12,16,23H,3-4,6-7H2,1-2H3. The molecule has 0 spiro atoms. The Labute approximate surface area is 151 Å². The largest absolute Gasteiger partial charge is 0.385 e. The quantitative estimate of drug-likeness (QED) is 0.665. The van der Waals surface area contributed by atoms with Crippen molar-refractivity contribution in [2.45, 2.75) is 25.9 Å². The first-order chi connectivity index (χ1) is 11.9. The molecule has 3 rings (SSSR count). The summed E-state index contributed by atoms with van der Waals surface area (Å²) in [5.41, 5.74) is 1.45. The third-order valence-electron chi connectivity index (χ3n) is 4.91. The molecule has 0 radical (unpaired) electrons. The van der Waals surface area contributed by atoms with E-state index < -0.39 is 11.0 Å². The van der Waals surface area contributed by atoms with Crippen LogP contribution in [0.3, 0.4) is 0 Å². The number of hydrogen-bond donors (Lipinski definition) is 1. The predicted molar refractivity (Wildman–Crippen MR) is 95.9 cm³/mol. The number of hydrogen-bond acceptors (Lipinski definition) is 5. The third-order valence-corrected chi connectivity index (χ3v) is 5.21. The summed E-state index contributed by atoms with van der Waals surface area (Å²) in [5, 5.41) is 22.0. The summed E-state index contributed by atoms with van der Waals surface area (Å²) in [7, 11) is 1.88. The lowest BCUT2D eigenvalue weighted by Crippen LogP contribution is -2.36. The maximum atomic E-state index is 11.0. The van der Waals surface area contributed by atoms with Crippen LogP contribution in [0.5, 0.6) is 0 Å². The zero-order valence-corrected chi connectivity index (χ0v) is 15.0. The molecule has 1 unspecified atom stereocenters. The van der Waals surface area contributed by atoms with Crippen LogP contribution in [0, 0.1) is 23.0 Å². The summed E-state index contributed by atoms with van der Waals surface area (Å²) in [6.45, 7) is 3.20. The molecule has 1 saturated heterocycles. The average Bonchev–Trinajstić information content (AvgIpc) is 3.02. The van der Waals surface area contributed by atoms with Gasteiger partial charge in [0.05, 0.1) is 15.6 Å². The van der Waals surface area contributed by atoms with Crippen molar-refractivity contribution < 1.29 is 10.0 Å². The zero-order chi connectivity index (χ0) is 18.1. The molecule has 1 aliphatic heterocycles. The molecule has 1 aliphatic rings. The number of aryl methyl sites for hydroxylation is 2. The Bertz CT molecular complexity index is 784. The molecular weight excluding hydrogens is 344 g/mol. The van der Waals surface area contributed by atoms with Crippen LogP contribution in [-0.4, -0.2) is 32.7 Å². The van der Waals surface area contributed by atoms with Crippen molar-refractivity contribution in [1.82, 2.24) is 9.55 Å². The lowest BCUT2D eigenvalue weighted by Gasteiger charge is -2.35. The second-order valence-electron chi connectivity index (χ2n) is 6.51. The molecule has 1 aromatic carbocycles. The Morgan fingerprint density at radius 1 is 1.40 bits per heavy atom. The first-order valence-corrected chi connectivity index (χ1v) is 8.61. The van der Waals surface area contributed by atoms with Gasteiger partial charge in [-0.1, -0.05) is 11.6 Å². The summed E-state index contributed by atoms with van der Waals surface area (Å²) < 4.78 is 1.84. The van der Waals surface area contributed by atoms with Crippen LogP contribution in [0.4, 0.5) is 11.4 Å². The monoisotopic (exact) mass is 364 g/mol. The van der Waals surface area contributed by atoms with Crippen LogP contribution in [0.15, 0.2) is 24.5 Å². The number of aliphatic hydroxyl groups is 1. The van der Waals surface area contributed by atoms with Crippen molar-refractivity contribution >= 4 is 23.0 Å². The molecule has 25 heavy (non-hydrogen) atoms. The lowest BCUT2D eigenvalue weighted by atomic mass is 9.90. The number of anilines is 1. The molecule has 7 nitrogen and oxygen atoms in total. The van der Waals surface area contributed by atoms with E-state index in [0.717, 1.165) is 31.6 Å². The van der Waals surface area contributed by atoms with Crippen LogP contribution in [-0.2, 0) is 7.05 Å². The highest BCUT2D eigenvalue weighted by molar-refractivity contribution is 6.33. The molecule has 1 aromatic heterocycles. The number of halogens is 1. The summed E-state index contributed by atoms with van der Waals surface area (Å²) in [6.07, 6.45) is 4.54. The minimum Gasteiger partial charge on any atom is -0.385 e. The second-order valence-corrected chi connectivity index (χ2v) is 6.92. The van der Waals surface area contributed by atoms with E-state index in [1.54, 1.807) is 19.2 Å². The Morgan fingerprint density at radius 2 is 2.08 bits per heavy atom. The number of benzene rings is 1. The van der Waals surface area contributed by atoms with Gasteiger partial charge in [-0.2, -0.15) is 0 Å². The third kappa shape index (κ3) is 3.48. The number of nitrogens with zero attached hydrogens (tertiary/aromatic N) is 4. The van der Waals surface area contributed by atoms with Crippen LogP contribution >= 0.6 is 11.6 Å². The van der Waals surface area contributed by atoms with Gasteiger partial charge in [0.25, 0.3) is 5.69 Å². The van der Waals surface area contributed by atoms with Gasteiger partial charge >= 0.3 is 0 Å². The Hall–Kier alpha value is -2.12. The zero-order valence-electron chi connectivity index (χ0n) is 14.2. The summed E-state index contributed by atoms with van der Waals surface area (Å²) in [4.78, 5) is 17.0.